The first kappa shape index (κ1) is 11.6. The first-order valence-corrected chi connectivity index (χ1v) is 5.66. The van der Waals surface area contributed by atoms with Crippen LogP contribution in [0.4, 0.5) is 5.95 Å². The van der Waals surface area contributed by atoms with E-state index in [0.29, 0.717) is 24.8 Å². The van der Waals surface area contributed by atoms with Gasteiger partial charge in [-0.15, -0.1) is 0 Å². The lowest BCUT2D eigenvalue weighted by Crippen LogP contribution is -2.23. The van der Waals surface area contributed by atoms with E-state index >= 15 is 0 Å². The van der Waals surface area contributed by atoms with E-state index < -0.39 is 0 Å². The highest BCUT2D eigenvalue weighted by atomic mass is 16.5. The number of carbonyl (C=O) groups excluding carboxylic acids is 1. The van der Waals surface area contributed by atoms with Gasteiger partial charge in [-0.25, -0.2) is 4.98 Å². The zero-order valence-corrected chi connectivity index (χ0v) is 9.93. The SMILES string of the molecule is CC(C)Oc1ccnc(NC2CNC(=O)C2)n1. The molecule has 92 valence electrons. The number of hydrogen-bond donors (Lipinski definition) is 2. The summed E-state index contributed by atoms with van der Waals surface area (Å²) < 4.78 is 5.47. The Bertz CT molecular complexity index is 408. The van der Waals surface area contributed by atoms with E-state index in [1.807, 2.05) is 13.8 Å². The van der Waals surface area contributed by atoms with Crippen LogP contribution in [-0.2, 0) is 4.79 Å². The standard InChI is InChI=1S/C11H16N4O2/c1-7(2)17-10-3-4-12-11(15-10)14-8-5-9(16)13-6-8/h3-4,7-8H,5-6H2,1-2H3,(H,13,16)(H,12,14,15). The fraction of sp³-hybridized carbons (Fsp3) is 0.545. The van der Waals surface area contributed by atoms with Crippen molar-refractivity contribution in [1.29, 1.82) is 0 Å². The normalized spacial score (nSPS) is 19.2. The Morgan fingerprint density at radius 3 is 3.06 bits per heavy atom. The second-order valence-corrected chi connectivity index (χ2v) is 4.23. The third-order valence-electron chi connectivity index (χ3n) is 2.30. The molecule has 1 aliphatic heterocycles. The Morgan fingerprint density at radius 2 is 2.41 bits per heavy atom. The van der Waals surface area contributed by atoms with Crippen molar-refractivity contribution in [1.82, 2.24) is 15.3 Å². The van der Waals surface area contributed by atoms with Gasteiger partial charge in [0.15, 0.2) is 0 Å². The number of carbonyl (C=O) groups is 1. The molecule has 1 amide bonds. The summed E-state index contributed by atoms with van der Waals surface area (Å²) >= 11 is 0. The van der Waals surface area contributed by atoms with Crippen LogP contribution in [0.1, 0.15) is 20.3 Å². The van der Waals surface area contributed by atoms with Crippen LogP contribution in [0.25, 0.3) is 0 Å². The van der Waals surface area contributed by atoms with Crippen LogP contribution < -0.4 is 15.4 Å². The van der Waals surface area contributed by atoms with Crippen molar-refractivity contribution in [2.24, 2.45) is 0 Å². The molecule has 1 unspecified atom stereocenters. The van der Waals surface area contributed by atoms with Crippen LogP contribution in [0.2, 0.25) is 0 Å². The molecule has 1 aliphatic rings. The van der Waals surface area contributed by atoms with Gasteiger partial charge in [0, 0.05) is 25.2 Å². The molecule has 0 aromatic carbocycles. The van der Waals surface area contributed by atoms with Gasteiger partial charge in [0.1, 0.15) is 0 Å². The highest BCUT2D eigenvalue weighted by molar-refractivity contribution is 5.79. The van der Waals surface area contributed by atoms with Crippen LogP contribution in [0.3, 0.4) is 0 Å². The fourth-order valence-electron chi connectivity index (χ4n) is 1.61. The minimum absolute atomic E-state index is 0.0526. The van der Waals surface area contributed by atoms with Crippen molar-refractivity contribution < 1.29 is 9.53 Å². The smallest absolute Gasteiger partial charge is 0.226 e. The van der Waals surface area contributed by atoms with Gasteiger partial charge in [-0.2, -0.15) is 4.98 Å². The minimum atomic E-state index is 0.0526. The lowest BCUT2D eigenvalue weighted by molar-refractivity contribution is -0.119. The second-order valence-electron chi connectivity index (χ2n) is 4.23. The van der Waals surface area contributed by atoms with E-state index in [1.54, 1.807) is 12.3 Å². The number of hydrogen-bond acceptors (Lipinski definition) is 5. The van der Waals surface area contributed by atoms with Gasteiger partial charge < -0.3 is 15.4 Å². The molecule has 0 saturated carbocycles. The maximum Gasteiger partial charge on any atom is 0.226 e. The lowest BCUT2D eigenvalue weighted by atomic mass is 10.3. The number of nitrogens with zero attached hydrogens (tertiary/aromatic N) is 2. The number of rotatable bonds is 4. The minimum Gasteiger partial charge on any atom is -0.475 e. The Morgan fingerprint density at radius 1 is 1.59 bits per heavy atom. The molecule has 6 heteroatoms. The van der Waals surface area contributed by atoms with Crippen LogP contribution in [0.5, 0.6) is 5.88 Å². The lowest BCUT2D eigenvalue weighted by Gasteiger charge is -2.12. The Labute approximate surface area is 99.8 Å². The van der Waals surface area contributed by atoms with Crippen LogP contribution in [0, 0.1) is 0 Å². The van der Waals surface area contributed by atoms with Crippen LogP contribution in [-0.4, -0.2) is 34.6 Å². The fourth-order valence-corrected chi connectivity index (χ4v) is 1.61. The molecule has 6 nitrogen and oxygen atoms in total. The van der Waals surface area contributed by atoms with E-state index in [-0.39, 0.29) is 18.1 Å². The predicted molar refractivity (Wildman–Crippen MR) is 62.8 cm³/mol. The number of ether oxygens (including phenoxy) is 1. The maximum atomic E-state index is 11.0. The van der Waals surface area contributed by atoms with Gasteiger partial charge in [0.25, 0.3) is 0 Å². The summed E-state index contributed by atoms with van der Waals surface area (Å²) in [5.41, 5.74) is 0. The first-order valence-electron chi connectivity index (χ1n) is 5.66. The van der Waals surface area contributed by atoms with Crippen molar-refractivity contribution in [3.8, 4) is 5.88 Å². The Hall–Kier alpha value is -1.85. The molecule has 0 radical (unpaired) electrons. The van der Waals surface area contributed by atoms with Crippen molar-refractivity contribution in [3.63, 3.8) is 0 Å². The summed E-state index contributed by atoms with van der Waals surface area (Å²) in [6, 6.07) is 1.76. The molecule has 1 atom stereocenters. The van der Waals surface area contributed by atoms with Crippen molar-refractivity contribution in [2.45, 2.75) is 32.4 Å². The summed E-state index contributed by atoms with van der Waals surface area (Å²) in [5, 5.41) is 5.85. The molecule has 2 heterocycles. The van der Waals surface area contributed by atoms with Gasteiger partial charge in [-0.3, -0.25) is 4.79 Å². The molecule has 1 aromatic rings. The van der Waals surface area contributed by atoms with Crippen molar-refractivity contribution in [2.75, 3.05) is 11.9 Å². The average molecular weight is 236 g/mol. The van der Waals surface area contributed by atoms with Gasteiger partial charge in [0.05, 0.1) is 12.1 Å². The summed E-state index contributed by atoms with van der Waals surface area (Å²) in [5.74, 6) is 1.08. The second kappa shape index (κ2) is 4.99. The topological polar surface area (TPSA) is 76.1 Å². The van der Waals surface area contributed by atoms with Gasteiger partial charge >= 0.3 is 0 Å². The number of amides is 1. The Kier molecular flexibility index (Phi) is 3.41. The van der Waals surface area contributed by atoms with Gasteiger partial charge in [-0.1, -0.05) is 0 Å². The van der Waals surface area contributed by atoms with Crippen molar-refractivity contribution >= 4 is 11.9 Å². The summed E-state index contributed by atoms with van der Waals surface area (Å²) in [4.78, 5) is 19.4. The zero-order chi connectivity index (χ0) is 12.3. The molecule has 2 rings (SSSR count). The molecule has 0 aliphatic carbocycles. The van der Waals surface area contributed by atoms with E-state index in [0.717, 1.165) is 0 Å². The highest BCUT2D eigenvalue weighted by Gasteiger charge is 2.21. The van der Waals surface area contributed by atoms with Crippen molar-refractivity contribution in [3.05, 3.63) is 12.3 Å². The zero-order valence-electron chi connectivity index (χ0n) is 9.93. The highest BCUT2D eigenvalue weighted by Crippen LogP contribution is 2.12. The summed E-state index contributed by atoms with van der Waals surface area (Å²) in [7, 11) is 0. The number of aromatic nitrogens is 2. The van der Waals surface area contributed by atoms with E-state index in [4.69, 9.17) is 4.74 Å². The average Bonchev–Trinajstić information content (AvgIpc) is 2.63. The summed E-state index contributed by atoms with van der Waals surface area (Å²) in [6.45, 7) is 4.49. The first-order chi connectivity index (χ1) is 8.13. The quantitative estimate of drug-likeness (QED) is 0.799. The van der Waals surface area contributed by atoms with E-state index in [1.165, 1.54) is 0 Å². The molecule has 1 aromatic heterocycles. The molecule has 0 bridgehead atoms. The molecular weight excluding hydrogens is 220 g/mol. The largest absolute Gasteiger partial charge is 0.475 e. The maximum absolute atomic E-state index is 11.0. The molecule has 1 saturated heterocycles. The van der Waals surface area contributed by atoms with Gasteiger partial charge in [0.2, 0.25) is 17.7 Å². The van der Waals surface area contributed by atoms with Gasteiger partial charge in [-0.05, 0) is 13.8 Å². The van der Waals surface area contributed by atoms with E-state index in [9.17, 15) is 4.79 Å². The molecule has 17 heavy (non-hydrogen) atoms. The number of anilines is 1. The number of nitrogens with one attached hydrogen (secondary N) is 2. The Balaban J connectivity index is 1.98. The van der Waals surface area contributed by atoms with Crippen LogP contribution in [0.15, 0.2) is 12.3 Å². The third kappa shape index (κ3) is 3.30. The molecular formula is C11H16N4O2. The monoisotopic (exact) mass is 236 g/mol. The predicted octanol–water partition coefficient (Wildman–Crippen LogP) is 0.564. The molecule has 1 fully saturated rings. The molecule has 0 spiro atoms. The summed E-state index contributed by atoms with van der Waals surface area (Å²) in [6.07, 6.45) is 2.17. The third-order valence-corrected chi connectivity index (χ3v) is 2.30. The van der Waals surface area contributed by atoms with Crippen LogP contribution >= 0.6 is 0 Å². The molecule has 2 N–H and O–H groups in total. The van der Waals surface area contributed by atoms with E-state index in [2.05, 4.69) is 20.6 Å².